The Bertz CT molecular complexity index is 650. The van der Waals surface area contributed by atoms with Gasteiger partial charge in [-0.15, -0.1) is 0 Å². The molecule has 0 heterocycles. The molecular weight excluding hydrogens is 444 g/mol. The smallest absolute Gasteiger partial charge is 0.330 e. The van der Waals surface area contributed by atoms with Crippen molar-refractivity contribution in [1.29, 1.82) is 0 Å². The van der Waals surface area contributed by atoms with E-state index >= 15 is 0 Å². The van der Waals surface area contributed by atoms with E-state index < -0.39 is 17.9 Å². The van der Waals surface area contributed by atoms with Crippen LogP contribution in [0.15, 0.2) is 36.5 Å². The fourth-order valence-corrected chi connectivity index (χ4v) is 5.59. The van der Waals surface area contributed by atoms with Crippen molar-refractivity contribution in [2.75, 3.05) is 19.8 Å². The van der Waals surface area contributed by atoms with Crippen molar-refractivity contribution in [1.82, 2.24) is 0 Å². The summed E-state index contributed by atoms with van der Waals surface area (Å²) in [5.41, 5.74) is 0.542. The van der Waals surface area contributed by atoms with E-state index in [0.717, 1.165) is 38.5 Å². The Balaban J connectivity index is 0.000000507. The second-order valence-corrected chi connectivity index (χ2v) is 10.2. The summed E-state index contributed by atoms with van der Waals surface area (Å²) in [6.07, 6.45) is 6.20. The molecule has 9 nitrogen and oxygen atoms in total. The first-order chi connectivity index (χ1) is 15.5. The molecule has 4 rings (SSSR count). The van der Waals surface area contributed by atoms with Gasteiger partial charge in [0.25, 0.3) is 0 Å². The van der Waals surface area contributed by atoms with Gasteiger partial charge in [0.2, 0.25) is 0 Å². The number of carboxylic acid groups (broad SMARTS) is 3. The van der Waals surface area contributed by atoms with E-state index in [4.69, 9.17) is 15.3 Å². The molecule has 0 radical (unpaired) electrons. The molecule has 34 heavy (non-hydrogen) atoms. The molecule has 4 fully saturated rings. The van der Waals surface area contributed by atoms with Crippen molar-refractivity contribution in [3.05, 3.63) is 36.5 Å². The van der Waals surface area contributed by atoms with Gasteiger partial charge < -0.3 is 30.6 Å². The van der Waals surface area contributed by atoms with Crippen LogP contribution in [-0.2, 0) is 14.4 Å². The number of carbonyl (C=O) groups is 3. The first kappa shape index (κ1) is 31.5. The quantitative estimate of drug-likeness (QED) is 0.310. The summed E-state index contributed by atoms with van der Waals surface area (Å²) in [7, 11) is 0. The van der Waals surface area contributed by atoms with Gasteiger partial charge in [-0.25, -0.2) is 14.4 Å². The first-order valence-corrected chi connectivity index (χ1v) is 11.0. The summed E-state index contributed by atoms with van der Waals surface area (Å²) in [6, 6.07) is 0. The second-order valence-electron chi connectivity index (χ2n) is 10.2. The molecular formula is C25H40O9. The number of aliphatic hydroxyl groups excluding tert-OH is 3. The maximum absolute atomic E-state index is 9.69. The molecule has 194 valence electrons. The molecule has 9 heteroatoms. The summed E-state index contributed by atoms with van der Waals surface area (Å²) in [5, 5.41) is 52.7. The maximum atomic E-state index is 9.69. The first-order valence-electron chi connectivity index (χ1n) is 11.0. The SMILES string of the molecule is C=C(C)C(=O)O.C=C(C)C(=O)O.C=C(C)C(=O)O.OCC12CC3CC(CO)(C1)CC(CO)(C3)C2. The van der Waals surface area contributed by atoms with Gasteiger partial charge >= 0.3 is 17.9 Å². The summed E-state index contributed by atoms with van der Waals surface area (Å²) in [6.45, 7) is 14.5. The van der Waals surface area contributed by atoms with Crippen LogP contribution in [0.4, 0.5) is 0 Å². The van der Waals surface area contributed by atoms with Crippen molar-refractivity contribution < 1.29 is 45.0 Å². The van der Waals surface area contributed by atoms with Gasteiger partial charge in [0.15, 0.2) is 0 Å². The number of hydrogen-bond acceptors (Lipinski definition) is 6. The lowest BCUT2D eigenvalue weighted by Gasteiger charge is -2.65. The molecule has 0 aromatic heterocycles. The number of aliphatic hydroxyl groups is 3. The van der Waals surface area contributed by atoms with Gasteiger partial charge in [-0.3, -0.25) is 0 Å². The van der Waals surface area contributed by atoms with E-state index in [1.165, 1.54) is 20.8 Å². The number of rotatable bonds is 6. The lowest BCUT2D eigenvalue weighted by molar-refractivity contribution is -0.196. The maximum Gasteiger partial charge on any atom is 0.330 e. The van der Waals surface area contributed by atoms with Crippen molar-refractivity contribution in [3.8, 4) is 0 Å². The van der Waals surface area contributed by atoms with Crippen LogP contribution in [0.2, 0.25) is 0 Å². The van der Waals surface area contributed by atoms with Crippen LogP contribution in [0.3, 0.4) is 0 Å². The van der Waals surface area contributed by atoms with E-state index in [9.17, 15) is 29.7 Å². The lowest BCUT2D eigenvalue weighted by atomic mass is 9.40. The minimum absolute atomic E-state index is 0.00484. The molecule has 0 aliphatic heterocycles. The molecule has 4 aliphatic rings. The van der Waals surface area contributed by atoms with Gasteiger partial charge in [-0.1, -0.05) is 19.7 Å². The van der Waals surface area contributed by atoms with Gasteiger partial charge in [0.05, 0.1) is 0 Å². The third-order valence-electron chi connectivity index (χ3n) is 6.52. The zero-order valence-electron chi connectivity index (χ0n) is 20.5. The fourth-order valence-electron chi connectivity index (χ4n) is 5.59. The number of hydrogen-bond donors (Lipinski definition) is 6. The normalized spacial score (nSPS) is 29.6. The molecule has 0 aromatic rings. The van der Waals surface area contributed by atoms with Crippen molar-refractivity contribution in [2.45, 2.75) is 59.3 Å². The van der Waals surface area contributed by atoms with Crippen LogP contribution in [0.25, 0.3) is 0 Å². The van der Waals surface area contributed by atoms with E-state index in [-0.39, 0.29) is 52.8 Å². The zero-order valence-corrected chi connectivity index (χ0v) is 20.5. The number of aliphatic carboxylic acids is 3. The summed E-state index contributed by atoms with van der Waals surface area (Å²) < 4.78 is 0. The minimum Gasteiger partial charge on any atom is -0.478 e. The molecule has 0 aromatic carbocycles. The zero-order chi connectivity index (χ0) is 26.9. The van der Waals surface area contributed by atoms with Crippen LogP contribution in [-0.4, -0.2) is 68.4 Å². The third kappa shape index (κ3) is 9.04. The molecule has 0 amide bonds. The van der Waals surface area contributed by atoms with Crippen LogP contribution in [0, 0.1) is 22.2 Å². The van der Waals surface area contributed by atoms with Crippen LogP contribution in [0.5, 0.6) is 0 Å². The predicted octanol–water partition coefficient (Wildman–Crippen LogP) is 2.86. The highest BCUT2D eigenvalue weighted by Gasteiger charge is 2.62. The van der Waals surface area contributed by atoms with E-state index in [1.54, 1.807) is 0 Å². The van der Waals surface area contributed by atoms with E-state index in [0.29, 0.717) is 5.92 Å². The summed E-state index contributed by atoms with van der Waals surface area (Å²) >= 11 is 0. The average Bonchev–Trinajstić information content (AvgIpc) is 2.74. The van der Waals surface area contributed by atoms with E-state index in [1.807, 2.05) is 0 Å². The Hall–Kier alpha value is -2.49. The average molecular weight is 485 g/mol. The van der Waals surface area contributed by atoms with Crippen molar-refractivity contribution in [2.24, 2.45) is 22.2 Å². The van der Waals surface area contributed by atoms with Gasteiger partial charge in [0, 0.05) is 36.5 Å². The lowest BCUT2D eigenvalue weighted by Crippen LogP contribution is -2.60. The molecule has 4 aliphatic carbocycles. The highest BCUT2D eigenvalue weighted by molar-refractivity contribution is 5.85. The number of carboxylic acids is 3. The minimum atomic E-state index is -0.935. The molecule has 0 atom stereocenters. The monoisotopic (exact) mass is 484 g/mol. The standard InChI is InChI=1S/C13H22O3.3C4H6O2/c14-7-11-1-10-2-12(4-11,8-15)6-13(3-10,5-11)9-16;3*1-3(2)4(5)6/h10,14-16H,1-9H2;3*1H2,2H3,(H,5,6). The fraction of sp³-hybridized carbons (Fsp3) is 0.640. The van der Waals surface area contributed by atoms with Crippen LogP contribution >= 0.6 is 0 Å². The second kappa shape index (κ2) is 12.8. The molecule has 6 N–H and O–H groups in total. The molecule has 4 saturated carbocycles. The van der Waals surface area contributed by atoms with Crippen molar-refractivity contribution in [3.63, 3.8) is 0 Å². The predicted molar refractivity (Wildman–Crippen MR) is 127 cm³/mol. The van der Waals surface area contributed by atoms with Gasteiger partial charge in [0.1, 0.15) is 0 Å². The molecule has 0 spiro atoms. The highest BCUT2D eigenvalue weighted by atomic mass is 16.4. The Morgan fingerprint density at radius 3 is 0.912 bits per heavy atom. The summed E-state index contributed by atoms with van der Waals surface area (Å²) in [4.78, 5) is 28.8. The Kier molecular flexibility index (Phi) is 11.9. The molecule has 0 unspecified atom stereocenters. The largest absolute Gasteiger partial charge is 0.478 e. The molecule has 4 bridgehead atoms. The Morgan fingerprint density at radius 1 is 0.618 bits per heavy atom. The Morgan fingerprint density at radius 2 is 0.794 bits per heavy atom. The molecule has 0 saturated heterocycles. The highest BCUT2D eigenvalue weighted by Crippen LogP contribution is 2.69. The summed E-state index contributed by atoms with van der Waals surface area (Å²) in [5.74, 6) is -2.19. The van der Waals surface area contributed by atoms with Crippen LogP contribution in [0.1, 0.15) is 59.3 Å². The topological polar surface area (TPSA) is 173 Å². The van der Waals surface area contributed by atoms with Gasteiger partial charge in [-0.2, -0.15) is 0 Å². The van der Waals surface area contributed by atoms with E-state index in [2.05, 4.69) is 19.7 Å². The van der Waals surface area contributed by atoms with Crippen LogP contribution < -0.4 is 0 Å². The third-order valence-corrected chi connectivity index (χ3v) is 6.52. The van der Waals surface area contributed by atoms with Gasteiger partial charge in [-0.05, 0) is 81.5 Å². The Labute approximate surface area is 201 Å². The van der Waals surface area contributed by atoms with Crippen molar-refractivity contribution >= 4 is 17.9 Å².